The summed E-state index contributed by atoms with van der Waals surface area (Å²) in [7, 11) is 0. The molecule has 4 aliphatic heterocycles. The highest BCUT2D eigenvalue weighted by Gasteiger charge is 2.45. The zero-order chi connectivity index (χ0) is 29.1. The number of fused-ring (bicyclic) bond motifs is 5. The molecule has 2 atom stereocenters. The summed E-state index contributed by atoms with van der Waals surface area (Å²) in [5.41, 5.74) is 2.78. The molecule has 2 N–H and O–H groups in total. The van der Waals surface area contributed by atoms with Crippen LogP contribution in [0.5, 0.6) is 11.8 Å². The lowest BCUT2D eigenvalue weighted by atomic mass is 9.95. The van der Waals surface area contributed by atoms with Crippen LogP contribution in [0.25, 0.3) is 32.8 Å². The molecule has 0 spiro atoms. The zero-order valence-corrected chi connectivity index (χ0v) is 24.3. The maximum atomic E-state index is 12.5. The van der Waals surface area contributed by atoms with Gasteiger partial charge in [0.05, 0.1) is 11.1 Å². The standard InChI is InChI=1S/C34H37N5O4/c40-20-31(42)39-24-8-9-25(39)19-37(18-24)32-28-10-7-23(29-17-26(41)15-22-5-1-2-6-27(22)29)16-30(28)35-33(36-32)43-21-34-11-3-13-38(34)14-4-12-34/h1-2,5-7,10,15-17,24-25,40-41H,3-4,8-9,11-14,18-21H2/t24-,25+. The quantitative estimate of drug-likeness (QED) is 0.348. The number of hydrogen-bond donors (Lipinski definition) is 2. The average Bonchev–Trinajstić information content (AvgIpc) is 3.69. The van der Waals surface area contributed by atoms with Gasteiger partial charge >= 0.3 is 6.01 Å². The van der Waals surface area contributed by atoms with Gasteiger partial charge in [-0.3, -0.25) is 9.69 Å². The van der Waals surface area contributed by atoms with Crippen LogP contribution in [0, 0.1) is 0 Å². The fraction of sp³-hybridized carbons (Fsp3) is 0.441. The first-order valence-electron chi connectivity index (χ1n) is 15.6. The molecule has 1 aromatic heterocycles. The molecule has 4 aliphatic rings. The SMILES string of the molecule is O=C(CO)N1[C@@H]2CC[C@H]1CN(c1nc(OCC34CCCN3CCC4)nc3cc(-c4cc(O)cc5ccccc45)ccc13)C2. The van der Waals surface area contributed by atoms with E-state index in [-0.39, 0.29) is 29.3 Å². The Hall–Kier alpha value is -3.95. The van der Waals surface area contributed by atoms with Gasteiger partial charge in [-0.1, -0.05) is 30.3 Å². The summed E-state index contributed by atoms with van der Waals surface area (Å²) in [6.45, 7) is 3.71. The molecule has 0 aliphatic carbocycles. The third-order valence-corrected chi connectivity index (χ3v) is 10.3. The number of rotatable bonds is 6. The van der Waals surface area contributed by atoms with Gasteiger partial charge < -0.3 is 24.7 Å². The molecule has 2 bridgehead atoms. The second kappa shape index (κ2) is 10.3. The summed E-state index contributed by atoms with van der Waals surface area (Å²) >= 11 is 0. The minimum absolute atomic E-state index is 0.0511. The first-order chi connectivity index (χ1) is 21.0. The van der Waals surface area contributed by atoms with Crippen molar-refractivity contribution in [2.75, 3.05) is 44.3 Å². The highest BCUT2D eigenvalue weighted by molar-refractivity contribution is 6.01. The van der Waals surface area contributed by atoms with Crippen molar-refractivity contribution in [1.29, 1.82) is 0 Å². The number of anilines is 1. The highest BCUT2D eigenvalue weighted by atomic mass is 16.5. The Bertz CT molecular complexity index is 1700. The zero-order valence-electron chi connectivity index (χ0n) is 24.3. The molecule has 0 radical (unpaired) electrons. The Kier molecular flexibility index (Phi) is 6.42. The van der Waals surface area contributed by atoms with Crippen molar-refractivity contribution in [1.82, 2.24) is 19.8 Å². The summed E-state index contributed by atoms with van der Waals surface area (Å²) in [6, 6.07) is 18.4. The molecule has 4 fully saturated rings. The molecule has 4 aromatic rings. The van der Waals surface area contributed by atoms with E-state index in [1.165, 1.54) is 12.8 Å². The number of amides is 1. The van der Waals surface area contributed by atoms with Crippen LogP contribution in [0.3, 0.4) is 0 Å². The second-order valence-corrected chi connectivity index (χ2v) is 12.7. The molecule has 1 amide bonds. The molecule has 9 nitrogen and oxygen atoms in total. The number of aromatic hydroxyl groups is 1. The van der Waals surface area contributed by atoms with E-state index in [1.54, 1.807) is 6.07 Å². The van der Waals surface area contributed by atoms with E-state index in [9.17, 15) is 15.0 Å². The number of aliphatic hydroxyl groups excluding tert-OH is 1. The Labute approximate surface area is 250 Å². The van der Waals surface area contributed by atoms with Crippen LogP contribution < -0.4 is 9.64 Å². The number of benzene rings is 3. The Balaban J connectivity index is 1.20. The molecule has 4 saturated heterocycles. The van der Waals surface area contributed by atoms with Crippen molar-refractivity contribution in [3.05, 3.63) is 54.6 Å². The van der Waals surface area contributed by atoms with Crippen LogP contribution in [0.4, 0.5) is 5.82 Å². The van der Waals surface area contributed by atoms with E-state index in [2.05, 4.69) is 34.1 Å². The van der Waals surface area contributed by atoms with Crippen LogP contribution in [0.2, 0.25) is 0 Å². The van der Waals surface area contributed by atoms with Crippen LogP contribution in [-0.4, -0.2) is 92.9 Å². The third-order valence-electron chi connectivity index (χ3n) is 10.3. The number of phenolic OH excluding ortho intramolecular Hbond substituents is 1. The predicted molar refractivity (Wildman–Crippen MR) is 165 cm³/mol. The lowest BCUT2D eigenvalue weighted by molar-refractivity contribution is -0.137. The van der Waals surface area contributed by atoms with E-state index in [0.29, 0.717) is 25.7 Å². The minimum atomic E-state index is -0.452. The highest BCUT2D eigenvalue weighted by Crippen LogP contribution is 2.41. The largest absolute Gasteiger partial charge is 0.508 e. The van der Waals surface area contributed by atoms with Crippen LogP contribution in [0.1, 0.15) is 38.5 Å². The molecule has 5 heterocycles. The predicted octanol–water partition coefficient (Wildman–Crippen LogP) is 4.33. The van der Waals surface area contributed by atoms with Gasteiger partial charge in [0, 0.05) is 30.6 Å². The van der Waals surface area contributed by atoms with Crippen molar-refractivity contribution in [3.63, 3.8) is 0 Å². The molecular weight excluding hydrogens is 542 g/mol. The topological polar surface area (TPSA) is 102 Å². The van der Waals surface area contributed by atoms with E-state index in [0.717, 1.165) is 77.4 Å². The fourth-order valence-corrected chi connectivity index (χ4v) is 8.32. The summed E-state index contributed by atoms with van der Waals surface area (Å²) in [5, 5.41) is 23.1. The average molecular weight is 580 g/mol. The second-order valence-electron chi connectivity index (χ2n) is 12.7. The molecule has 8 rings (SSSR count). The first-order valence-corrected chi connectivity index (χ1v) is 15.6. The van der Waals surface area contributed by atoms with Crippen molar-refractivity contribution >= 4 is 33.4 Å². The number of carbonyl (C=O) groups excluding carboxylic acids is 1. The number of phenols is 1. The van der Waals surface area contributed by atoms with Crippen molar-refractivity contribution in [3.8, 4) is 22.9 Å². The van der Waals surface area contributed by atoms with Crippen LogP contribution in [0.15, 0.2) is 54.6 Å². The van der Waals surface area contributed by atoms with Crippen LogP contribution in [-0.2, 0) is 4.79 Å². The normalized spacial score (nSPS) is 22.9. The van der Waals surface area contributed by atoms with Gasteiger partial charge in [0.2, 0.25) is 5.91 Å². The van der Waals surface area contributed by atoms with Gasteiger partial charge in [-0.2, -0.15) is 9.97 Å². The number of ether oxygens (including phenoxy) is 1. The number of aromatic nitrogens is 2. The lowest BCUT2D eigenvalue weighted by Gasteiger charge is -2.41. The van der Waals surface area contributed by atoms with E-state index in [1.807, 2.05) is 29.2 Å². The Morgan fingerprint density at radius 1 is 0.953 bits per heavy atom. The Morgan fingerprint density at radius 2 is 1.72 bits per heavy atom. The van der Waals surface area contributed by atoms with Gasteiger partial charge in [0.15, 0.2) is 0 Å². The number of nitrogens with zero attached hydrogens (tertiary/aromatic N) is 5. The lowest BCUT2D eigenvalue weighted by Crippen LogP contribution is -2.56. The molecule has 222 valence electrons. The molecule has 0 saturated carbocycles. The third kappa shape index (κ3) is 4.48. The maximum absolute atomic E-state index is 12.5. The maximum Gasteiger partial charge on any atom is 0.319 e. The van der Waals surface area contributed by atoms with Crippen molar-refractivity contribution < 1.29 is 19.7 Å². The van der Waals surface area contributed by atoms with Gasteiger partial charge in [-0.25, -0.2) is 0 Å². The molecule has 9 heteroatoms. The van der Waals surface area contributed by atoms with Gasteiger partial charge in [0.1, 0.15) is 24.8 Å². The van der Waals surface area contributed by atoms with E-state index in [4.69, 9.17) is 14.7 Å². The molecule has 43 heavy (non-hydrogen) atoms. The van der Waals surface area contributed by atoms with Crippen molar-refractivity contribution in [2.45, 2.75) is 56.1 Å². The van der Waals surface area contributed by atoms with E-state index >= 15 is 0 Å². The molecular formula is C34H37N5O4. The monoisotopic (exact) mass is 579 g/mol. The fourth-order valence-electron chi connectivity index (χ4n) is 8.32. The van der Waals surface area contributed by atoms with Gasteiger partial charge in [-0.15, -0.1) is 0 Å². The van der Waals surface area contributed by atoms with Gasteiger partial charge in [0.25, 0.3) is 0 Å². The summed E-state index contributed by atoms with van der Waals surface area (Å²) < 4.78 is 6.49. The molecule has 3 aromatic carbocycles. The number of piperazine rings is 1. The smallest absolute Gasteiger partial charge is 0.319 e. The summed E-state index contributed by atoms with van der Waals surface area (Å²) in [4.78, 5) is 29.3. The van der Waals surface area contributed by atoms with Crippen LogP contribution >= 0.6 is 0 Å². The van der Waals surface area contributed by atoms with Crippen molar-refractivity contribution in [2.24, 2.45) is 0 Å². The summed E-state index contributed by atoms with van der Waals surface area (Å²) in [6.07, 6.45) is 6.54. The minimum Gasteiger partial charge on any atom is -0.508 e. The van der Waals surface area contributed by atoms with Gasteiger partial charge in [-0.05, 0) is 97.8 Å². The first kappa shape index (κ1) is 26.7. The number of carbonyl (C=O) groups is 1. The molecule has 0 unspecified atom stereocenters. The number of hydrogen-bond acceptors (Lipinski definition) is 8. The van der Waals surface area contributed by atoms with E-state index < -0.39 is 6.61 Å². The summed E-state index contributed by atoms with van der Waals surface area (Å²) in [5.74, 6) is 0.861. The Morgan fingerprint density at radius 3 is 2.49 bits per heavy atom. The number of aliphatic hydroxyl groups is 1.